The number of benzene rings is 1. The van der Waals surface area contributed by atoms with Crippen LogP contribution < -0.4 is 4.74 Å². The van der Waals surface area contributed by atoms with Gasteiger partial charge in [0.05, 0.1) is 12.7 Å². The Morgan fingerprint density at radius 3 is 2.60 bits per heavy atom. The molecular weight excluding hydrogens is 490 g/mol. The Kier molecular flexibility index (Phi) is 7.91. The molecule has 0 spiro atoms. The summed E-state index contributed by atoms with van der Waals surface area (Å²) in [5.74, 6) is 5.99. The summed E-state index contributed by atoms with van der Waals surface area (Å²) in [4.78, 5) is 0. The van der Waals surface area contributed by atoms with Crippen LogP contribution in [0, 0.1) is 46.3 Å². The van der Waals surface area contributed by atoms with Crippen LogP contribution in [-0.4, -0.2) is 21.1 Å². The zero-order valence-corrected chi connectivity index (χ0v) is 25.8. The van der Waals surface area contributed by atoms with Crippen LogP contribution in [0.2, 0.25) is 0 Å². The average Bonchev–Trinajstić information content (AvgIpc) is 3.52. The van der Waals surface area contributed by atoms with E-state index in [9.17, 15) is 0 Å². The van der Waals surface area contributed by atoms with Gasteiger partial charge < -0.3 is 4.74 Å². The van der Waals surface area contributed by atoms with Gasteiger partial charge in [0.25, 0.3) is 5.88 Å². The Morgan fingerprint density at radius 1 is 0.975 bits per heavy atom. The summed E-state index contributed by atoms with van der Waals surface area (Å²) < 4.78 is 8.33. The van der Waals surface area contributed by atoms with Crippen LogP contribution in [0.15, 0.2) is 48.2 Å². The maximum absolute atomic E-state index is 6.44. The van der Waals surface area contributed by atoms with Crippen molar-refractivity contribution in [3.05, 3.63) is 53.7 Å². The van der Waals surface area contributed by atoms with Gasteiger partial charge in [0.1, 0.15) is 6.10 Å². The van der Waals surface area contributed by atoms with Crippen molar-refractivity contribution >= 4 is 0 Å². The van der Waals surface area contributed by atoms with E-state index in [1.807, 2.05) is 16.9 Å². The molecule has 218 valence electrons. The van der Waals surface area contributed by atoms with Gasteiger partial charge in [-0.25, -0.2) is 4.68 Å². The SMILES string of the molecule is CC(C)CCC[C@@H](C)[C@H]1CC[C@H]2[C@@H]3CC=C4C[C@@H](Oc5cn(Cc6ccccc6)nn5)CC[C@]4(C)[C@H]3CC[C@]12C. The molecule has 0 radical (unpaired) electrons. The first-order valence-electron chi connectivity index (χ1n) is 16.6. The van der Waals surface area contributed by atoms with E-state index < -0.39 is 0 Å². The largest absolute Gasteiger partial charge is 0.472 e. The first kappa shape index (κ1) is 28.0. The maximum atomic E-state index is 6.44. The van der Waals surface area contributed by atoms with Crippen LogP contribution in [-0.2, 0) is 6.54 Å². The second-order valence-electron chi connectivity index (χ2n) is 15.0. The van der Waals surface area contributed by atoms with E-state index in [0.717, 1.165) is 54.9 Å². The normalized spacial score (nSPS) is 36.0. The van der Waals surface area contributed by atoms with Crippen LogP contribution in [0.25, 0.3) is 0 Å². The molecule has 0 amide bonds. The number of hydrogen-bond acceptors (Lipinski definition) is 3. The Labute approximate surface area is 243 Å². The van der Waals surface area contributed by atoms with Gasteiger partial charge in [0, 0.05) is 6.42 Å². The molecule has 4 aliphatic rings. The van der Waals surface area contributed by atoms with Crippen LogP contribution in [0.4, 0.5) is 0 Å². The molecule has 8 atom stereocenters. The minimum absolute atomic E-state index is 0.217. The van der Waals surface area contributed by atoms with Gasteiger partial charge in [-0.1, -0.05) is 106 Å². The van der Waals surface area contributed by atoms with Gasteiger partial charge in [0.15, 0.2) is 0 Å². The number of aromatic nitrogens is 3. The van der Waals surface area contributed by atoms with Crippen molar-refractivity contribution in [2.45, 2.75) is 118 Å². The van der Waals surface area contributed by atoms with Crippen molar-refractivity contribution in [1.82, 2.24) is 15.0 Å². The number of nitrogens with zero attached hydrogens (tertiary/aromatic N) is 3. The third-order valence-corrected chi connectivity index (χ3v) is 12.3. The molecule has 0 N–H and O–H groups in total. The smallest absolute Gasteiger partial charge is 0.253 e. The summed E-state index contributed by atoms with van der Waals surface area (Å²) in [6.45, 7) is 13.4. The Hall–Kier alpha value is -2.10. The average molecular weight is 544 g/mol. The van der Waals surface area contributed by atoms with Gasteiger partial charge in [-0.05, 0) is 96.8 Å². The maximum Gasteiger partial charge on any atom is 0.253 e. The molecule has 4 heteroatoms. The minimum Gasteiger partial charge on any atom is -0.472 e. The molecule has 0 bridgehead atoms. The molecule has 2 aromatic rings. The van der Waals surface area contributed by atoms with Crippen LogP contribution in [0.1, 0.15) is 111 Å². The van der Waals surface area contributed by atoms with Gasteiger partial charge in [-0.15, -0.1) is 0 Å². The Morgan fingerprint density at radius 2 is 1.80 bits per heavy atom. The topological polar surface area (TPSA) is 39.9 Å². The standard InChI is InChI=1S/C36H53N3O/c1-25(2)10-9-11-26(3)31-16-17-32-30-15-14-28-22-29(18-20-35(28,4)33(30)19-21-36(31,32)5)40-34-24-39(38-37-34)23-27-12-7-6-8-13-27/h6-8,12-14,24-26,29-33H,9-11,15-23H2,1-5H3/t26-,29+,30+,31-,32+,33+,35+,36-/m1/s1. The van der Waals surface area contributed by atoms with E-state index in [2.05, 4.69) is 75.3 Å². The Bertz CT molecular complexity index is 1170. The van der Waals surface area contributed by atoms with Crippen molar-refractivity contribution in [3.8, 4) is 5.88 Å². The van der Waals surface area contributed by atoms with Crippen molar-refractivity contribution < 1.29 is 4.74 Å². The molecule has 3 saturated carbocycles. The molecule has 6 rings (SSSR count). The lowest BCUT2D eigenvalue weighted by Gasteiger charge is -2.58. The van der Waals surface area contributed by atoms with Crippen LogP contribution in [0.5, 0.6) is 5.88 Å². The molecule has 0 saturated heterocycles. The molecular formula is C36H53N3O. The van der Waals surface area contributed by atoms with E-state index in [0.29, 0.717) is 16.7 Å². The van der Waals surface area contributed by atoms with Crippen molar-refractivity contribution in [2.24, 2.45) is 46.3 Å². The van der Waals surface area contributed by atoms with E-state index in [1.165, 1.54) is 63.4 Å². The van der Waals surface area contributed by atoms with E-state index in [1.54, 1.807) is 5.57 Å². The lowest BCUT2D eigenvalue weighted by Crippen LogP contribution is -2.51. The molecule has 4 aliphatic carbocycles. The second-order valence-corrected chi connectivity index (χ2v) is 15.0. The third-order valence-electron chi connectivity index (χ3n) is 12.3. The highest BCUT2D eigenvalue weighted by molar-refractivity contribution is 5.26. The van der Waals surface area contributed by atoms with Crippen molar-refractivity contribution in [2.75, 3.05) is 0 Å². The predicted octanol–water partition coefficient (Wildman–Crippen LogP) is 9.12. The summed E-state index contributed by atoms with van der Waals surface area (Å²) in [5.41, 5.74) is 3.83. The van der Waals surface area contributed by atoms with E-state index in [4.69, 9.17) is 4.74 Å². The monoisotopic (exact) mass is 543 g/mol. The second kappa shape index (κ2) is 11.3. The van der Waals surface area contributed by atoms with Gasteiger partial charge in [0.2, 0.25) is 0 Å². The highest BCUT2D eigenvalue weighted by Crippen LogP contribution is 2.67. The lowest BCUT2D eigenvalue weighted by atomic mass is 9.47. The molecule has 0 unspecified atom stereocenters. The van der Waals surface area contributed by atoms with Gasteiger partial charge >= 0.3 is 0 Å². The Balaban J connectivity index is 1.09. The zero-order chi connectivity index (χ0) is 27.9. The zero-order valence-electron chi connectivity index (χ0n) is 25.8. The molecule has 4 nitrogen and oxygen atoms in total. The summed E-state index contributed by atoms with van der Waals surface area (Å²) in [7, 11) is 0. The van der Waals surface area contributed by atoms with E-state index in [-0.39, 0.29) is 6.10 Å². The molecule has 3 fully saturated rings. The van der Waals surface area contributed by atoms with Crippen LogP contribution >= 0.6 is 0 Å². The molecule has 1 heterocycles. The highest BCUT2D eigenvalue weighted by Gasteiger charge is 2.59. The summed E-state index contributed by atoms with van der Waals surface area (Å²) in [6.07, 6.45) is 19.7. The molecule has 40 heavy (non-hydrogen) atoms. The molecule has 1 aromatic heterocycles. The fourth-order valence-electron chi connectivity index (χ4n) is 10.1. The fraction of sp³-hybridized carbons (Fsp3) is 0.722. The third kappa shape index (κ3) is 5.29. The van der Waals surface area contributed by atoms with Crippen molar-refractivity contribution in [1.29, 1.82) is 0 Å². The quantitative estimate of drug-likeness (QED) is 0.296. The first-order chi connectivity index (χ1) is 19.3. The predicted molar refractivity (Wildman–Crippen MR) is 163 cm³/mol. The minimum atomic E-state index is 0.217. The molecule has 0 aliphatic heterocycles. The number of rotatable bonds is 9. The summed E-state index contributed by atoms with van der Waals surface area (Å²) >= 11 is 0. The first-order valence-corrected chi connectivity index (χ1v) is 16.6. The summed E-state index contributed by atoms with van der Waals surface area (Å²) in [6, 6.07) is 10.4. The number of ether oxygens (including phenoxy) is 1. The van der Waals surface area contributed by atoms with Gasteiger partial charge in [-0.2, -0.15) is 0 Å². The lowest BCUT2D eigenvalue weighted by molar-refractivity contribution is -0.0560. The van der Waals surface area contributed by atoms with E-state index >= 15 is 0 Å². The number of allylic oxidation sites excluding steroid dienone is 1. The highest BCUT2D eigenvalue weighted by atomic mass is 16.5. The van der Waals surface area contributed by atoms with Crippen LogP contribution in [0.3, 0.4) is 0 Å². The molecule has 1 aromatic carbocycles. The van der Waals surface area contributed by atoms with Crippen molar-refractivity contribution in [3.63, 3.8) is 0 Å². The number of hydrogen-bond donors (Lipinski definition) is 0. The fourth-order valence-corrected chi connectivity index (χ4v) is 10.1. The number of fused-ring (bicyclic) bond motifs is 5. The van der Waals surface area contributed by atoms with Gasteiger partial charge in [-0.3, -0.25) is 0 Å². The summed E-state index contributed by atoms with van der Waals surface area (Å²) in [5, 5.41) is 8.69.